The summed E-state index contributed by atoms with van der Waals surface area (Å²) in [5, 5.41) is 0. The third-order valence-corrected chi connectivity index (χ3v) is 8.37. The molecule has 0 bridgehead atoms. The summed E-state index contributed by atoms with van der Waals surface area (Å²) < 4.78 is 33.3. The van der Waals surface area contributed by atoms with Crippen LogP contribution in [0.4, 0.5) is 0 Å². The molecule has 0 rings (SSSR count). The van der Waals surface area contributed by atoms with Gasteiger partial charge in [0.25, 0.3) is 0 Å². The first kappa shape index (κ1) is 49.9. The van der Waals surface area contributed by atoms with E-state index in [2.05, 4.69) is 111 Å². The number of hydrogen-bond donors (Lipinski definition) is 1. The molecule has 9 nitrogen and oxygen atoms in total. The lowest BCUT2D eigenvalue weighted by molar-refractivity contribution is -0.161. The van der Waals surface area contributed by atoms with Crippen LogP contribution in [-0.2, 0) is 32.7 Å². The molecule has 0 amide bonds. The topological polar surface area (TPSA) is 112 Å². The summed E-state index contributed by atoms with van der Waals surface area (Å²) in [7, 11) is -0.767. The number of esters is 2. The largest absolute Gasteiger partial charge is 0.472 e. The second kappa shape index (κ2) is 37.3. The number of phosphoric acid groups is 1. The van der Waals surface area contributed by atoms with Crippen LogP contribution in [0.3, 0.4) is 0 Å². The number of ether oxygens (including phenoxy) is 2. The minimum atomic E-state index is -4.39. The molecule has 0 aliphatic carbocycles. The second-order valence-corrected chi connectivity index (χ2v) is 14.1. The summed E-state index contributed by atoms with van der Waals surface area (Å²) >= 11 is 0. The van der Waals surface area contributed by atoms with E-state index in [0.717, 1.165) is 77.0 Å². The number of carbonyl (C=O) groups is 2. The number of hydrogen-bond acceptors (Lipinski definition) is 8. The maximum Gasteiger partial charge on any atom is 0.472 e. The predicted octanol–water partition coefficient (Wildman–Crippen LogP) is 10.9. The van der Waals surface area contributed by atoms with Crippen molar-refractivity contribution in [3.8, 4) is 0 Å². The van der Waals surface area contributed by atoms with Gasteiger partial charge in [0, 0.05) is 19.4 Å². The van der Waals surface area contributed by atoms with E-state index in [1.807, 2.05) is 14.1 Å². The Morgan fingerprint density at radius 1 is 0.585 bits per heavy atom. The molecular weight excluding hydrogens is 689 g/mol. The van der Waals surface area contributed by atoms with Crippen LogP contribution in [0.2, 0.25) is 0 Å². The lowest BCUT2D eigenvalue weighted by Crippen LogP contribution is -2.29. The van der Waals surface area contributed by atoms with Crippen LogP contribution in [0.25, 0.3) is 0 Å². The van der Waals surface area contributed by atoms with Crippen LogP contribution in [-0.4, -0.2) is 68.3 Å². The number of nitrogens with zero attached hydrogens (tertiary/aromatic N) is 1. The smallest absolute Gasteiger partial charge is 0.462 e. The first-order chi connectivity index (χ1) is 25.7. The van der Waals surface area contributed by atoms with E-state index < -0.39 is 32.5 Å². The van der Waals surface area contributed by atoms with E-state index in [4.69, 9.17) is 18.5 Å². The fourth-order valence-corrected chi connectivity index (χ4v) is 5.17. The van der Waals surface area contributed by atoms with Gasteiger partial charge < -0.3 is 19.3 Å². The van der Waals surface area contributed by atoms with Crippen molar-refractivity contribution >= 4 is 19.8 Å². The molecule has 53 heavy (non-hydrogen) atoms. The number of carbonyl (C=O) groups excluding carboxylic acids is 2. The molecule has 2 unspecified atom stereocenters. The number of likely N-dealkylation sites (N-methyl/N-ethyl adjacent to an activating group) is 1. The lowest BCUT2D eigenvalue weighted by Gasteiger charge is -2.20. The van der Waals surface area contributed by atoms with Crippen molar-refractivity contribution < 1.29 is 37.6 Å². The highest BCUT2D eigenvalue weighted by atomic mass is 31.2. The molecule has 2 atom stereocenters. The number of allylic oxidation sites excluding steroid dienone is 16. The summed E-state index contributed by atoms with van der Waals surface area (Å²) in [5.41, 5.74) is 0. The minimum Gasteiger partial charge on any atom is -0.462 e. The molecule has 0 radical (unpaired) electrons. The van der Waals surface area contributed by atoms with Gasteiger partial charge in [0.05, 0.1) is 13.2 Å². The Labute approximate surface area is 321 Å². The van der Waals surface area contributed by atoms with E-state index in [-0.39, 0.29) is 26.1 Å². The summed E-state index contributed by atoms with van der Waals surface area (Å²) in [6.45, 7) is 3.95. The van der Waals surface area contributed by atoms with Crippen LogP contribution in [0.1, 0.15) is 117 Å². The van der Waals surface area contributed by atoms with Gasteiger partial charge in [0.15, 0.2) is 6.10 Å². The maximum atomic E-state index is 12.6. The summed E-state index contributed by atoms with van der Waals surface area (Å²) in [4.78, 5) is 36.9. The van der Waals surface area contributed by atoms with E-state index >= 15 is 0 Å². The molecule has 1 N–H and O–H groups in total. The van der Waals surface area contributed by atoms with Gasteiger partial charge in [-0.05, 0) is 104 Å². The van der Waals surface area contributed by atoms with Crippen molar-refractivity contribution in [2.24, 2.45) is 0 Å². The van der Waals surface area contributed by atoms with Crippen molar-refractivity contribution in [3.05, 3.63) is 97.2 Å². The zero-order valence-electron chi connectivity index (χ0n) is 33.2. The molecule has 300 valence electrons. The normalized spacial score (nSPS) is 14.5. The van der Waals surface area contributed by atoms with Crippen LogP contribution in [0, 0.1) is 0 Å². The van der Waals surface area contributed by atoms with E-state index in [0.29, 0.717) is 19.4 Å². The van der Waals surface area contributed by atoms with Gasteiger partial charge in [0.2, 0.25) is 0 Å². The highest BCUT2D eigenvalue weighted by Gasteiger charge is 2.26. The van der Waals surface area contributed by atoms with Gasteiger partial charge in [-0.1, -0.05) is 111 Å². The van der Waals surface area contributed by atoms with Crippen molar-refractivity contribution in [2.75, 3.05) is 40.5 Å². The Bertz CT molecular complexity index is 1200. The molecule has 0 aromatic heterocycles. The Hall–Kier alpha value is -3.07. The molecule has 0 saturated carbocycles. The monoisotopic (exact) mass is 759 g/mol. The minimum absolute atomic E-state index is 0.0135. The second-order valence-electron chi connectivity index (χ2n) is 12.7. The Kier molecular flexibility index (Phi) is 35.1. The molecule has 0 heterocycles. The Morgan fingerprint density at radius 3 is 1.43 bits per heavy atom. The molecular formula is C43H70NO8P. The van der Waals surface area contributed by atoms with Gasteiger partial charge in [-0.3, -0.25) is 18.6 Å². The molecule has 0 spiro atoms. The van der Waals surface area contributed by atoms with E-state index in [1.54, 1.807) is 4.90 Å². The molecule has 0 fully saturated rings. The highest BCUT2D eigenvalue weighted by Crippen LogP contribution is 2.43. The maximum absolute atomic E-state index is 12.6. The van der Waals surface area contributed by atoms with Crippen LogP contribution >= 0.6 is 7.82 Å². The van der Waals surface area contributed by atoms with Crippen molar-refractivity contribution in [3.63, 3.8) is 0 Å². The molecule has 0 aliphatic rings. The fourth-order valence-electron chi connectivity index (χ4n) is 4.43. The lowest BCUT2D eigenvalue weighted by atomic mass is 10.1. The summed E-state index contributed by atoms with van der Waals surface area (Å²) in [5.74, 6) is -0.914. The van der Waals surface area contributed by atoms with Crippen molar-refractivity contribution in [2.45, 2.75) is 123 Å². The van der Waals surface area contributed by atoms with Gasteiger partial charge in [0.1, 0.15) is 6.61 Å². The number of phosphoric ester groups is 1. The van der Waals surface area contributed by atoms with Gasteiger partial charge in [-0.2, -0.15) is 0 Å². The summed E-state index contributed by atoms with van der Waals surface area (Å²) in [6, 6.07) is 0. The molecule has 10 heteroatoms. The van der Waals surface area contributed by atoms with Gasteiger partial charge in [-0.25, -0.2) is 4.57 Å². The quantitative estimate of drug-likeness (QED) is 0.0296. The Morgan fingerprint density at radius 2 is 1.00 bits per heavy atom. The standard InChI is InChI=1S/C43H70NO8P/c1-5-7-9-11-13-15-17-19-21-23-25-27-29-31-33-35-42(45)49-39-41(40-51-53(47,48)50-38-37-44(3)4)52-43(46)36-34-32-30-28-26-24-22-20-18-16-14-12-10-8-6-2/h7-10,13-16,19-22,25-28,41H,5-6,11-12,17-18,23-24,29-40H2,1-4H3,(H,47,48)/b9-7-,10-8-,15-13-,16-14-,21-19-,22-20-,27-25-,28-26-. The average Bonchev–Trinajstić information content (AvgIpc) is 3.12. The molecule has 0 aliphatic heterocycles. The van der Waals surface area contributed by atoms with Gasteiger partial charge >= 0.3 is 19.8 Å². The summed E-state index contributed by atoms with van der Waals surface area (Å²) in [6.07, 6.45) is 46.1. The Balaban J connectivity index is 4.53. The van der Waals surface area contributed by atoms with E-state index in [1.165, 1.54) is 0 Å². The third kappa shape index (κ3) is 38.5. The number of rotatable bonds is 34. The van der Waals surface area contributed by atoms with Crippen molar-refractivity contribution in [1.82, 2.24) is 4.90 Å². The van der Waals surface area contributed by atoms with Gasteiger partial charge in [-0.15, -0.1) is 0 Å². The van der Waals surface area contributed by atoms with Crippen molar-refractivity contribution in [1.29, 1.82) is 0 Å². The average molecular weight is 760 g/mol. The predicted molar refractivity (Wildman–Crippen MR) is 219 cm³/mol. The van der Waals surface area contributed by atoms with E-state index in [9.17, 15) is 19.0 Å². The highest BCUT2D eigenvalue weighted by molar-refractivity contribution is 7.47. The fraction of sp³-hybridized carbons (Fsp3) is 0.581. The molecule has 0 aromatic carbocycles. The van der Waals surface area contributed by atoms with Crippen LogP contribution in [0.15, 0.2) is 97.2 Å². The molecule has 0 aromatic rings. The number of unbranched alkanes of at least 4 members (excludes halogenated alkanes) is 4. The zero-order valence-corrected chi connectivity index (χ0v) is 34.1. The van der Waals surface area contributed by atoms with Crippen LogP contribution in [0.5, 0.6) is 0 Å². The zero-order chi connectivity index (χ0) is 39.1. The van der Waals surface area contributed by atoms with Crippen LogP contribution < -0.4 is 0 Å². The first-order valence-electron chi connectivity index (χ1n) is 19.5. The third-order valence-electron chi connectivity index (χ3n) is 7.39. The SMILES string of the molecule is CC/C=C\C/C=C\C/C=C\C/C=C\CCCCC(=O)OCC(COP(=O)(O)OCCN(C)C)OC(=O)CCCC/C=C\C/C=C\C/C=C\C/C=C\CC. The molecule has 0 saturated heterocycles. The first-order valence-corrected chi connectivity index (χ1v) is 21.0.